The third-order valence-electron chi connectivity index (χ3n) is 3.50. The maximum Gasteiger partial charge on any atom is 0.130 e. The Kier molecular flexibility index (Phi) is 5.39. The molecule has 0 aliphatic rings. The van der Waals surface area contributed by atoms with E-state index in [1.54, 1.807) is 0 Å². The number of nitrogens with zero attached hydrogens (tertiary/aromatic N) is 1. The molecule has 2 rings (SSSR count). The zero-order chi connectivity index (χ0) is 15.2. The topological polar surface area (TPSA) is 24.9 Å². The Morgan fingerprint density at radius 2 is 1.95 bits per heavy atom. The van der Waals surface area contributed by atoms with Crippen LogP contribution in [-0.4, -0.2) is 11.5 Å². The van der Waals surface area contributed by atoms with E-state index in [2.05, 4.69) is 17.2 Å². The highest BCUT2D eigenvalue weighted by Crippen LogP contribution is 2.21. The van der Waals surface area contributed by atoms with Gasteiger partial charge >= 0.3 is 0 Å². The van der Waals surface area contributed by atoms with Gasteiger partial charge in [-0.05, 0) is 30.7 Å². The van der Waals surface area contributed by atoms with Gasteiger partial charge in [0, 0.05) is 36.0 Å². The van der Waals surface area contributed by atoms with Crippen LogP contribution in [0.2, 0.25) is 0 Å². The lowest BCUT2D eigenvalue weighted by Crippen LogP contribution is -2.24. The Morgan fingerprint density at radius 1 is 1.14 bits per heavy atom. The summed E-state index contributed by atoms with van der Waals surface area (Å²) < 4.78 is 27.0. The van der Waals surface area contributed by atoms with Crippen molar-refractivity contribution in [3.63, 3.8) is 0 Å². The summed E-state index contributed by atoms with van der Waals surface area (Å²) in [6.07, 6.45) is 3.36. The van der Waals surface area contributed by atoms with Gasteiger partial charge in [-0.25, -0.2) is 8.78 Å². The van der Waals surface area contributed by atoms with E-state index in [-0.39, 0.29) is 6.04 Å². The minimum absolute atomic E-state index is 0.212. The van der Waals surface area contributed by atoms with Crippen LogP contribution in [0, 0.1) is 11.6 Å². The van der Waals surface area contributed by atoms with Crippen LogP contribution >= 0.6 is 0 Å². The molecule has 0 aliphatic heterocycles. The van der Waals surface area contributed by atoms with E-state index in [0.717, 1.165) is 18.2 Å². The molecule has 1 heterocycles. The van der Waals surface area contributed by atoms with Crippen molar-refractivity contribution in [2.75, 3.05) is 6.54 Å². The molecule has 0 fully saturated rings. The van der Waals surface area contributed by atoms with Gasteiger partial charge in [0.05, 0.1) is 0 Å². The monoisotopic (exact) mass is 290 g/mol. The first kappa shape index (κ1) is 15.6. The van der Waals surface area contributed by atoms with Crippen molar-refractivity contribution in [1.82, 2.24) is 10.3 Å². The Bertz CT molecular complexity index is 582. The average Bonchev–Trinajstić information content (AvgIpc) is 2.48. The van der Waals surface area contributed by atoms with Gasteiger partial charge in [0.25, 0.3) is 0 Å². The summed E-state index contributed by atoms with van der Waals surface area (Å²) in [5.41, 5.74) is 2.54. The van der Waals surface area contributed by atoms with Crippen molar-refractivity contribution >= 4 is 0 Å². The third kappa shape index (κ3) is 4.08. The summed E-state index contributed by atoms with van der Waals surface area (Å²) in [5, 5.41) is 3.23. The predicted molar refractivity (Wildman–Crippen MR) is 80.1 cm³/mol. The number of hydrogen-bond acceptors (Lipinski definition) is 2. The molecule has 0 amide bonds. The highest BCUT2D eigenvalue weighted by molar-refractivity contribution is 5.24. The molecular weight excluding hydrogens is 270 g/mol. The lowest BCUT2D eigenvalue weighted by molar-refractivity contribution is 0.499. The fraction of sp³-hybridized carbons (Fsp3) is 0.353. The Balaban J connectivity index is 2.21. The second-order valence-electron chi connectivity index (χ2n) is 4.99. The maximum absolute atomic E-state index is 13.9. The zero-order valence-corrected chi connectivity index (χ0v) is 12.4. The van der Waals surface area contributed by atoms with Gasteiger partial charge in [-0.1, -0.05) is 26.0 Å². The number of aromatic nitrogens is 1. The zero-order valence-electron chi connectivity index (χ0n) is 12.4. The molecule has 0 saturated heterocycles. The summed E-state index contributed by atoms with van der Waals surface area (Å²) in [6.45, 7) is 4.74. The molecule has 0 aliphatic carbocycles. The standard InChI is InChI=1S/C17H20F2N2/c1-3-12-5-7-14(21-11-12)10-17(20-4-2)15-8-6-13(18)9-16(15)19/h5-9,11,17,20H,3-4,10H2,1-2H3. The summed E-state index contributed by atoms with van der Waals surface area (Å²) in [6, 6.07) is 7.49. The molecule has 1 aromatic heterocycles. The van der Waals surface area contributed by atoms with Crippen LogP contribution < -0.4 is 5.32 Å². The van der Waals surface area contributed by atoms with E-state index in [1.807, 2.05) is 25.3 Å². The van der Waals surface area contributed by atoms with E-state index >= 15 is 0 Å². The normalized spacial score (nSPS) is 12.4. The van der Waals surface area contributed by atoms with Crippen LogP contribution in [0.5, 0.6) is 0 Å². The van der Waals surface area contributed by atoms with Crippen LogP contribution in [0.3, 0.4) is 0 Å². The van der Waals surface area contributed by atoms with Gasteiger partial charge in [-0.3, -0.25) is 4.98 Å². The van der Waals surface area contributed by atoms with E-state index in [0.29, 0.717) is 18.5 Å². The molecule has 1 aromatic carbocycles. The average molecular weight is 290 g/mol. The van der Waals surface area contributed by atoms with Crippen molar-refractivity contribution in [2.24, 2.45) is 0 Å². The van der Waals surface area contributed by atoms with Crippen LogP contribution in [0.4, 0.5) is 8.78 Å². The Morgan fingerprint density at radius 3 is 2.52 bits per heavy atom. The molecule has 112 valence electrons. The summed E-state index contributed by atoms with van der Waals surface area (Å²) in [5.74, 6) is -1.08. The molecular formula is C17H20F2N2. The predicted octanol–water partition coefficient (Wildman–Crippen LogP) is 3.82. The second-order valence-corrected chi connectivity index (χ2v) is 4.99. The number of pyridine rings is 1. The lowest BCUT2D eigenvalue weighted by atomic mass is 10.0. The van der Waals surface area contributed by atoms with Crippen molar-refractivity contribution in [1.29, 1.82) is 0 Å². The van der Waals surface area contributed by atoms with Gasteiger partial charge in [0.1, 0.15) is 11.6 Å². The molecule has 0 spiro atoms. The van der Waals surface area contributed by atoms with E-state index in [9.17, 15) is 8.78 Å². The van der Waals surface area contributed by atoms with Crippen LogP contribution in [0.1, 0.15) is 36.7 Å². The van der Waals surface area contributed by atoms with Crippen molar-refractivity contribution in [3.05, 3.63) is 65.0 Å². The first-order chi connectivity index (χ1) is 10.1. The van der Waals surface area contributed by atoms with Gasteiger partial charge < -0.3 is 5.32 Å². The quantitative estimate of drug-likeness (QED) is 0.875. The molecule has 1 N–H and O–H groups in total. The Hall–Kier alpha value is -1.81. The number of benzene rings is 1. The number of aryl methyl sites for hydroxylation is 1. The van der Waals surface area contributed by atoms with Crippen LogP contribution in [0.15, 0.2) is 36.5 Å². The molecule has 1 atom stereocenters. The van der Waals surface area contributed by atoms with E-state index < -0.39 is 11.6 Å². The largest absolute Gasteiger partial charge is 0.310 e. The highest BCUT2D eigenvalue weighted by Gasteiger charge is 2.16. The van der Waals surface area contributed by atoms with Crippen LogP contribution in [0.25, 0.3) is 0 Å². The molecule has 2 aromatic rings. The molecule has 2 nitrogen and oxygen atoms in total. The molecule has 0 saturated carbocycles. The molecule has 1 unspecified atom stereocenters. The Labute approximate surface area is 124 Å². The number of hydrogen-bond donors (Lipinski definition) is 1. The van der Waals surface area contributed by atoms with Crippen LogP contribution in [-0.2, 0) is 12.8 Å². The first-order valence-corrected chi connectivity index (χ1v) is 7.26. The van der Waals surface area contributed by atoms with Gasteiger partial charge in [0.2, 0.25) is 0 Å². The molecule has 0 bridgehead atoms. The van der Waals surface area contributed by atoms with Crippen molar-refractivity contribution in [2.45, 2.75) is 32.7 Å². The van der Waals surface area contributed by atoms with E-state index in [1.165, 1.54) is 17.7 Å². The molecule has 0 radical (unpaired) electrons. The molecule has 4 heteroatoms. The maximum atomic E-state index is 13.9. The van der Waals surface area contributed by atoms with Gasteiger partial charge in [-0.15, -0.1) is 0 Å². The minimum atomic E-state index is -0.558. The van der Waals surface area contributed by atoms with Gasteiger partial charge in [0.15, 0.2) is 0 Å². The fourth-order valence-electron chi connectivity index (χ4n) is 2.32. The fourth-order valence-corrected chi connectivity index (χ4v) is 2.32. The van der Waals surface area contributed by atoms with Crippen molar-refractivity contribution < 1.29 is 8.78 Å². The lowest BCUT2D eigenvalue weighted by Gasteiger charge is -2.19. The van der Waals surface area contributed by atoms with Crippen molar-refractivity contribution in [3.8, 4) is 0 Å². The smallest absolute Gasteiger partial charge is 0.130 e. The number of rotatable bonds is 6. The van der Waals surface area contributed by atoms with Gasteiger partial charge in [-0.2, -0.15) is 0 Å². The SMILES string of the molecule is CCNC(Cc1ccc(CC)cn1)c1ccc(F)cc1F. The molecule has 21 heavy (non-hydrogen) atoms. The number of likely N-dealkylation sites (N-methyl/N-ethyl adjacent to an activating group) is 1. The minimum Gasteiger partial charge on any atom is -0.310 e. The number of halogens is 2. The highest BCUT2D eigenvalue weighted by atomic mass is 19.1. The summed E-state index contributed by atoms with van der Waals surface area (Å²) in [7, 11) is 0. The number of nitrogens with one attached hydrogen (secondary N) is 1. The second kappa shape index (κ2) is 7.27. The van der Waals surface area contributed by atoms with E-state index in [4.69, 9.17) is 0 Å². The summed E-state index contributed by atoms with van der Waals surface area (Å²) in [4.78, 5) is 4.41. The first-order valence-electron chi connectivity index (χ1n) is 7.26. The summed E-state index contributed by atoms with van der Waals surface area (Å²) >= 11 is 0. The third-order valence-corrected chi connectivity index (χ3v) is 3.50.